The maximum Gasteiger partial charge on any atom is 0.448 e. The van der Waals surface area contributed by atoms with Gasteiger partial charge in [0.2, 0.25) is 0 Å². The summed E-state index contributed by atoms with van der Waals surface area (Å²) in [7, 11) is 3.25. The van der Waals surface area contributed by atoms with Crippen LogP contribution >= 0.6 is 15.9 Å². The molecule has 0 aliphatic carbocycles. The highest BCUT2D eigenvalue weighted by atomic mass is 79.9. The summed E-state index contributed by atoms with van der Waals surface area (Å²) >= 11 is 1.38. The smallest absolute Gasteiger partial charge is 0.388 e. The van der Waals surface area contributed by atoms with Crippen LogP contribution in [0.1, 0.15) is 0 Å². The topological polar surface area (TPSA) is 9.23 Å². The number of rotatable bonds is 0. The van der Waals surface area contributed by atoms with Crippen LogP contribution in [0, 0.1) is 0 Å². The van der Waals surface area contributed by atoms with E-state index in [0.717, 1.165) is 0 Å². The fourth-order valence-corrected chi connectivity index (χ4v) is 0. The Labute approximate surface area is 54.0 Å². The van der Waals surface area contributed by atoms with Crippen molar-refractivity contribution in [3.63, 3.8) is 0 Å². The van der Waals surface area contributed by atoms with Crippen molar-refractivity contribution in [2.45, 2.75) is 5.09 Å². The summed E-state index contributed by atoms with van der Waals surface area (Å²) in [6.07, 6.45) is 0. The van der Waals surface area contributed by atoms with Crippen molar-refractivity contribution >= 4 is 15.9 Å². The van der Waals surface area contributed by atoms with E-state index in [1.807, 2.05) is 0 Å². The summed E-state index contributed by atoms with van der Waals surface area (Å²) in [5, 5.41) is -4.19. The molecule has 0 heterocycles. The van der Waals surface area contributed by atoms with Crippen molar-refractivity contribution in [3.8, 4) is 0 Å². The van der Waals surface area contributed by atoms with Gasteiger partial charge in [0.15, 0.2) is 0 Å². The molecular weight excluding hydrogens is 189 g/mol. The Morgan fingerprint density at radius 3 is 1.25 bits per heavy atom. The van der Waals surface area contributed by atoms with Crippen LogP contribution in [0.3, 0.4) is 0 Å². The van der Waals surface area contributed by atoms with Gasteiger partial charge < -0.3 is 4.74 Å². The van der Waals surface area contributed by atoms with Crippen LogP contribution in [-0.4, -0.2) is 19.3 Å². The minimum atomic E-state index is -4.19. The van der Waals surface area contributed by atoms with Crippen LogP contribution in [0.5, 0.6) is 0 Å². The second-order valence-corrected chi connectivity index (χ2v) is 1.74. The van der Waals surface area contributed by atoms with Crippen molar-refractivity contribution in [2.24, 2.45) is 0 Å². The number of methoxy groups -OCH3 is 1. The van der Waals surface area contributed by atoms with Crippen molar-refractivity contribution in [2.75, 3.05) is 14.2 Å². The Morgan fingerprint density at radius 1 is 1.25 bits per heavy atom. The van der Waals surface area contributed by atoms with Gasteiger partial charge in [0.1, 0.15) is 0 Å². The van der Waals surface area contributed by atoms with Crippen molar-refractivity contribution in [1.82, 2.24) is 0 Å². The molecule has 0 radical (unpaired) electrons. The fourth-order valence-electron chi connectivity index (χ4n) is 0. The van der Waals surface area contributed by atoms with Gasteiger partial charge in [0.05, 0.1) is 0 Å². The number of halogens is 4. The monoisotopic (exact) mass is 194 g/mol. The molecule has 0 aliphatic rings. The van der Waals surface area contributed by atoms with Gasteiger partial charge in [-0.25, -0.2) is 0 Å². The zero-order valence-electron chi connectivity index (χ0n) is 4.42. The van der Waals surface area contributed by atoms with Crippen molar-refractivity contribution < 1.29 is 17.9 Å². The Balaban J connectivity index is 0. The molecule has 0 aliphatic heterocycles. The van der Waals surface area contributed by atoms with Gasteiger partial charge in [-0.3, -0.25) is 0 Å². The molecule has 0 saturated heterocycles. The first kappa shape index (κ1) is 11.1. The first-order chi connectivity index (χ1) is 3.41. The predicted molar refractivity (Wildman–Crippen MR) is 27.9 cm³/mol. The van der Waals surface area contributed by atoms with Gasteiger partial charge in [-0.15, -0.1) is 0 Å². The Kier molecular flexibility index (Phi) is 7.44. The zero-order valence-corrected chi connectivity index (χ0v) is 6.01. The average molecular weight is 195 g/mol. The van der Waals surface area contributed by atoms with Crippen LogP contribution in [0.4, 0.5) is 13.2 Å². The van der Waals surface area contributed by atoms with E-state index in [1.54, 1.807) is 14.2 Å². The molecule has 0 rings (SSSR count). The van der Waals surface area contributed by atoms with Crippen LogP contribution in [-0.2, 0) is 4.74 Å². The molecular formula is C3H6BrF3O. The minimum absolute atomic E-state index is 1.38. The van der Waals surface area contributed by atoms with E-state index in [0.29, 0.717) is 0 Å². The maximum absolute atomic E-state index is 10.3. The van der Waals surface area contributed by atoms with Gasteiger partial charge in [0.25, 0.3) is 0 Å². The van der Waals surface area contributed by atoms with Crippen LogP contribution in [0.2, 0.25) is 0 Å². The molecule has 0 spiro atoms. The fraction of sp³-hybridized carbons (Fsp3) is 1.00. The van der Waals surface area contributed by atoms with Gasteiger partial charge in [-0.05, 0) is 0 Å². The van der Waals surface area contributed by atoms with E-state index in [4.69, 9.17) is 0 Å². The highest BCUT2D eigenvalue weighted by Crippen LogP contribution is 2.21. The summed E-state index contributed by atoms with van der Waals surface area (Å²) < 4.78 is 35.1. The first-order valence-electron chi connectivity index (χ1n) is 1.57. The van der Waals surface area contributed by atoms with E-state index in [9.17, 15) is 13.2 Å². The van der Waals surface area contributed by atoms with Gasteiger partial charge >= 0.3 is 5.09 Å². The lowest BCUT2D eigenvalue weighted by molar-refractivity contribution is -0.0245. The highest BCUT2D eigenvalue weighted by molar-refractivity contribution is 9.09. The number of alkyl halides is 4. The lowest BCUT2D eigenvalue weighted by atomic mass is 11.6. The normalized spacial score (nSPS) is 9.75. The summed E-state index contributed by atoms with van der Waals surface area (Å²) in [5.74, 6) is 0. The van der Waals surface area contributed by atoms with Crippen LogP contribution in [0.15, 0.2) is 0 Å². The molecule has 0 bridgehead atoms. The highest BCUT2D eigenvalue weighted by Gasteiger charge is 2.19. The lowest BCUT2D eigenvalue weighted by Gasteiger charge is -1.85. The van der Waals surface area contributed by atoms with E-state index < -0.39 is 5.09 Å². The zero-order chi connectivity index (χ0) is 7.21. The largest absolute Gasteiger partial charge is 0.448 e. The van der Waals surface area contributed by atoms with Gasteiger partial charge in [-0.2, -0.15) is 13.2 Å². The molecule has 0 N–H and O–H groups in total. The second kappa shape index (κ2) is 5.37. The van der Waals surface area contributed by atoms with Crippen LogP contribution in [0.25, 0.3) is 0 Å². The average Bonchev–Trinajstić information content (AvgIpc) is 1.27. The standard InChI is InChI=1S/C2H6O.CBrF3/c1-3-2;2-1(3,4)5/h1-2H3;. The van der Waals surface area contributed by atoms with Crippen molar-refractivity contribution in [1.29, 1.82) is 0 Å². The van der Waals surface area contributed by atoms with Gasteiger partial charge in [-0.1, -0.05) is 0 Å². The Morgan fingerprint density at radius 2 is 1.25 bits per heavy atom. The lowest BCUT2D eigenvalue weighted by Crippen LogP contribution is -1.88. The molecule has 0 fully saturated rings. The molecule has 0 aromatic rings. The van der Waals surface area contributed by atoms with E-state index >= 15 is 0 Å². The van der Waals surface area contributed by atoms with Gasteiger partial charge in [0, 0.05) is 30.1 Å². The SMILES string of the molecule is COC.FC(F)(F)Br. The number of ether oxygens (including phenoxy) is 1. The molecule has 0 aromatic carbocycles. The summed E-state index contributed by atoms with van der Waals surface area (Å²) in [6, 6.07) is 0. The van der Waals surface area contributed by atoms with Crippen LogP contribution < -0.4 is 0 Å². The molecule has 8 heavy (non-hydrogen) atoms. The molecule has 1 nitrogen and oxygen atoms in total. The molecule has 0 unspecified atom stereocenters. The summed E-state index contributed by atoms with van der Waals surface area (Å²) in [6.45, 7) is 0. The quantitative estimate of drug-likeness (QED) is 0.538. The third-order valence-corrected chi connectivity index (χ3v) is 0. The molecule has 52 valence electrons. The second-order valence-electron chi connectivity index (χ2n) is 0.837. The summed E-state index contributed by atoms with van der Waals surface area (Å²) in [5.41, 5.74) is 0. The van der Waals surface area contributed by atoms with E-state index in [-0.39, 0.29) is 0 Å². The molecule has 0 atom stereocenters. The van der Waals surface area contributed by atoms with E-state index in [1.165, 1.54) is 15.9 Å². The maximum atomic E-state index is 10.3. The Bertz CT molecular complexity index is 38.3. The van der Waals surface area contributed by atoms with E-state index in [2.05, 4.69) is 4.74 Å². The predicted octanol–water partition coefficient (Wildman–Crippen LogP) is 2.16. The third kappa shape index (κ3) is 3220. The number of hydrogen-bond donors (Lipinski definition) is 0. The molecule has 0 amide bonds. The number of hydrogen-bond acceptors (Lipinski definition) is 1. The minimum Gasteiger partial charge on any atom is -0.388 e. The summed E-state index contributed by atoms with van der Waals surface area (Å²) in [4.78, 5) is 0. The molecule has 0 saturated carbocycles. The Hall–Kier alpha value is 0.230. The first-order valence-corrected chi connectivity index (χ1v) is 2.37. The third-order valence-electron chi connectivity index (χ3n) is 0. The van der Waals surface area contributed by atoms with Crippen molar-refractivity contribution in [3.05, 3.63) is 0 Å². The molecule has 0 aromatic heterocycles. The molecule has 5 heteroatoms.